The van der Waals surface area contributed by atoms with E-state index in [1.807, 2.05) is 12.1 Å². The number of carbonyl (C=O) groups excluding carboxylic acids is 1. The van der Waals surface area contributed by atoms with Crippen LogP contribution in [0, 0.1) is 5.92 Å². The predicted octanol–water partition coefficient (Wildman–Crippen LogP) is 3.03. The van der Waals surface area contributed by atoms with Gasteiger partial charge < -0.3 is 5.32 Å². The summed E-state index contributed by atoms with van der Waals surface area (Å²) < 4.78 is 25.2. The first-order chi connectivity index (χ1) is 11.5. The molecule has 1 N–H and O–H groups in total. The standard InChI is InChI=1S/C18H28N2O3S/c1-3-5-6-15-7-9-17(10-8-15)19-18(21)16-11-13-20(14-12-16)24(22,23)4-2/h7-10,16H,3-6,11-14H2,1-2H3,(H,19,21). The monoisotopic (exact) mass is 352 g/mol. The Balaban J connectivity index is 1.85. The maximum atomic E-state index is 12.4. The highest BCUT2D eigenvalue weighted by Gasteiger charge is 2.30. The molecule has 6 heteroatoms. The number of aryl methyl sites for hydroxylation is 1. The number of benzene rings is 1. The SMILES string of the molecule is CCCCc1ccc(NC(=O)C2CCN(S(=O)(=O)CC)CC2)cc1. The minimum atomic E-state index is -3.14. The van der Waals surface area contributed by atoms with Crippen LogP contribution in [0.15, 0.2) is 24.3 Å². The van der Waals surface area contributed by atoms with Crippen LogP contribution >= 0.6 is 0 Å². The second kappa shape index (κ2) is 8.62. The Kier molecular flexibility index (Phi) is 6.80. The van der Waals surface area contributed by atoms with Crippen LogP contribution in [0.3, 0.4) is 0 Å². The molecule has 1 aliphatic rings. The molecule has 0 bridgehead atoms. The molecule has 24 heavy (non-hydrogen) atoms. The molecular formula is C18H28N2O3S. The van der Waals surface area contributed by atoms with Crippen LogP contribution in [-0.2, 0) is 21.2 Å². The lowest BCUT2D eigenvalue weighted by molar-refractivity contribution is -0.120. The summed E-state index contributed by atoms with van der Waals surface area (Å²) >= 11 is 0. The maximum Gasteiger partial charge on any atom is 0.227 e. The topological polar surface area (TPSA) is 66.5 Å². The van der Waals surface area contributed by atoms with Gasteiger partial charge in [0.15, 0.2) is 0 Å². The Morgan fingerprint density at radius 1 is 1.17 bits per heavy atom. The van der Waals surface area contributed by atoms with Gasteiger partial charge in [-0.05, 0) is 50.3 Å². The quantitative estimate of drug-likeness (QED) is 0.820. The van der Waals surface area contributed by atoms with Crippen molar-refractivity contribution in [1.29, 1.82) is 0 Å². The molecule has 1 amide bonds. The van der Waals surface area contributed by atoms with E-state index >= 15 is 0 Å². The van der Waals surface area contributed by atoms with Crippen LogP contribution in [0.25, 0.3) is 0 Å². The van der Waals surface area contributed by atoms with Crippen LogP contribution in [0.4, 0.5) is 5.69 Å². The van der Waals surface area contributed by atoms with Gasteiger partial charge in [-0.1, -0.05) is 25.5 Å². The zero-order valence-electron chi connectivity index (χ0n) is 14.6. The number of hydrogen-bond donors (Lipinski definition) is 1. The van der Waals surface area contributed by atoms with Gasteiger partial charge in [-0.2, -0.15) is 0 Å². The molecule has 1 fully saturated rings. The highest BCUT2D eigenvalue weighted by molar-refractivity contribution is 7.89. The fourth-order valence-corrected chi connectivity index (χ4v) is 4.09. The zero-order valence-corrected chi connectivity index (χ0v) is 15.4. The average Bonchev–Trinajstić information content (AvgIpc) is 2.61. The van der Waals surface area contributed by atoms with E-state index in [1.54, 1.807) is 6.92 Å². The van der Waals surface area contributed by atoms with Crippen LogP contribution in [0.1, 0.15) is 45.1 Å². The number of sulfonamides is 1. The molecule has 1 heterocycles. The van der Waals surface area contributed by atoms with Crippen LogP contribution < -0.4 is 5.32 Å². The fraction of sp³-hybridized carbons (Fsp3) is 0.611. The van der Waals surface area contributed by atoms with E-state index in [9.17, 15) is 13.2 Å². The van der Waals surface area contributed by atoms with Gasteiger partial charge in [0, 0.05) is 24.7 Å². The number of carbonyl (C=O) groups is 1. The summed E-state index contributed by atoms with van der Waals surface area (Å²) in [6.45, 7) is 4.69. The smallest absolute Gasteiger partial charge is 0.227 e. The summed E-state index contributed by atoms with van der Waals surface area (Å²) in [5, 5.41) is 2.96. The molecule has 0 unspecified atom stereocenters. The minimum absolute atomic E-state index is 0.00939. The predicted molar refractivity (Wildman–Crippen MR) is 97.4 cm³/mol. The van der Waals surface area contributed by atoms with Crippen molar-refractivity contribution >= 4 is 21.6 Å². The van der Waals surface area contributed by atoms with Crippen LogP contribution in [-0.4, -0.2) is 37.5 Å². The molecule has 5 nitrogen and oxygen atoms in total. The van der Waals surface area contributed by atoms with E-state index in [0.717, 1.165) is 12.1 Å². The van der Waals surface area contributed by atoms with Gasteiger partial charge in [-0.15, -0.1) is 0 Å². The largest absolute Gasteiger partial charge is 0.326 e. The van der Waals surface area contributed by atoms with Gasteiger partial charge in [-0.25, -0.2) is 12.7 Å². The molecular weight excluding hydrogens is 324 g/mol. The second-order valence-electron chi connectivity index (χ2n) is 6.36. The van der Waals surface area contributed by atoms with Crippen molar-refractivity contribution in [3.05, 3.63) is 29.8 Å². The molecule has 0 saturated carbocycles. The lowest BCUT2D eigenvalue weighted by atomic mass is 9.97. The van der Waals surface area contributed by atoms with Crippen molar-refractivity contribution in [3.8, 4) is 0 Å². The molecule has 0 spiro atoms. The first kappa shape index (κ1) is 18.9. The van der Waals surface area contributed by atoms with Crippen molar-refractivity contribution in [3.63, 3.8) is 0 Å². The first-order valence-electron chi connectivity index (χ1n) is 8.84. The van der Waals surface area contributed by atoms with E-state index in [0.29, 0.717) is 25.9 Å². The van der Waals surface area contributed by atoms with E-state index in [2.05, 4.69) is 24.4 Å². The third-order valence-electron chi connectivity index (χ3n) is 4.62. The van der Waals surface area contributed by atoms with Gasteiger partial charge in [0.1, 0.15) is 0 Å². The summed E-state index contributed by atoms with van der Waals surface area (Å²) in [6, 6.07) is 8.00. The number of amides is 1. The Bertz CT molecular complexity index is 633. The maximum absolute atomic E-state index is 12.4. The van der Waals surface area contributed by atoms with Crippen molar-refractivity contribution in [2.75, 3.05) is 24.2 Å². The second-order valence-corrected chi connectivity index (χ2v) is 8.62. The molecule has 1 aromatic rings. The van der Waals surface area contributed by atoms with E-state index in [4.69, 9.17) is 0 Å². The lowest BCUT2D eigenvalue weighted by Crippen LogP contribution is -2.42. The number of nitrogens with zero attached hydrogens (tertiary/aromatic N) is 1. The van der Waals surface area contributed by atoms with Gasteiger partial charge >= 0.3 is 0 Å². The highest BCUT2D eigenvalue weighted by atomic mass is 32.2. The Morgan fingerprint density at radius 3 is 2.33 bits per heavy atom. The highest BCUT2D eigenvalue weighted by Crippen LogP contribution is 2.22. The third-order valence-corrected chi connectivity index (χ3v) is 6.50. The van der Waals surface area contributed by atoms with E-state index in [-0.39, 0.29) is 17.6 Å². The molecule has 0 atom stereocenters. The zero-order chi connectivity index (χ0) is 17.6. The minimum Gasteiger partial charge on any atom is -0.326 e. The van der Waals surface area contributed by atoms with E-state index < -0.39 is 10.0 Å². The van der Waals surface area contributed by atoms with Gasteiger partial charge in [-0.3, -0.25) is 4.79 Å². The van der Waals surface area contributed by atoms with Crippen molar-refractivity contribution < 1.29 is 13.2 Å². The molecule has 1 saturated heterocycles. The summed E-state index contributed by atoms with van der Waals surface area (Å²) in [5.41, 5.74) is 2.09. The number of anilines is 1. The normalized spacial score (nSPS) is 16.9. The number of nitrogens with one attached hydrogen (secondary N) is 1. The summed E-state index contributed by atoms with van der Waals surface area (Å²) in [6.07, 6.45) is 4.57. The lowest BCUT2D eigenvalue weighted by Gasteiger charge is -2.30. The number of unbranched alkanes of at least 4 members (excludes halogenated alkanes) is 1. The van der Waals surface area contributed by atoms with Crippen molar-refractivity contribution in [1.82, 2.24) is 4.31 Å². The molecule has 2 rings (SSSR count). The fourth-order valence-electron chi connectivity index (χ4n) is 2.96. The third kappa shape index (κ3) is 5.05. The van der Waals surface area contributed by atoms with E-state index in [1.165, 1.54) is 22.7 Å². The van der Waals surface area contributed by atoms with Gasteiger partial charge in [0.2, 0.25) is 15.9 Å². The molecule has 0 aliphatic carbocycles. The molecule has 0 aromatic heterocycles. The van der Waals surface area contributed by atoms with Gasteiger partial charge in [0.05, 0.1) is 5.75 Å². The average molecular weight is 353 g/mol. The molecule has 0 radical (unpaired) electrons. The van der Waals surface area contributed by atoms with Crippen molar-refractivity contribution in [2.45, 2.75) is 46.0 Å². The van der Waals surface area contributed by atoms with Crippen molar-refractivity contribution in [2.24, 2.45) is 5.92 Å². The number of rotatable bonds is 7. The summed E-state index contributed by atoms with van der Waals surface area (Å²) in [7, 11) is -3.14. The first-order valence-corrected chi connectivity index (χ1v) is 10.4. The van der Waals surface area contributed by atoms with Gasteiger partial charge in [0.25, 0.3) is 0 Å². The Labute approximate surface area is 145 Å². The molecule has 1 aliphatic heterocycles. The number of piperidine rings is 1. The Morgan fingerprint density at radius 2 is 1.79 bits per heavy atom. The number of hydrogen-bond acceptors (Lipinski definition) is 3. The molecule has 1 aromatic carbocycles. The van der Waals surface area contributed by atoms with Crippen LogP contribution in [0.5, 0.6) is 0 Å². The van der Waals surface area contributed by atoms with Crippen LogP contribution in [0.2, 0.25) is 0 Å². The summed E-state index contributed by atoms with van der Waals surface area (Å²) in [5.74, 6) is -0.00763. The summed E-state index contributed by atoms with van der Waals surface area (Å²) in [4.78, 5) is 12.4. The molecule has 134 valence electrons. The Hall–Kier alpha value is -1.40.